The van der Waals surface area contributed by atoms with Gasteiger partial charge < -0.3 is 4.42 Å². The van der Waals surface area contributed by atoms with Gasteiger partial charge in [0.1, 0.15) is 11.3 Å². The predicted octanol–water partition coefficient (Wildman–Crippen LogP) is 4.87. The second-order valence-electron chi connectivity index (χ2n) is 5.31. The molecule has 3 heteroatoms. The van der Waals surface area contributed by atoms with Gasteiger partial charge in [0, 0.05) is 24.0 Å². The van der Waals surface area contributed by atoms with Gasteiger partial charge in [-0.15, -0.1) is 0 Å². The highest BCUT2D eigenvalue weighted by atomic mass is 16.3. The van der Waals surface area contributed by atoms with Crippen molar-refractivity contribution in [2.45, 2.75) is 6.92 Å². The summed E-state index contributed by atoms with van der Waals surface area (Å²) < 4.78 is 5.80. The third kappa shape index (κ3) is 2.27. The average molecular weight is 286 g/mol. The van der Waals surface area contributed by atoms with Crippen LogP contribution in [0.25, 0.3) is 33.7 Å². The molecule has 0 bridgehead atoms. The molecule has 3 nitrogen and oxygen atoms in total. The lowest BCUT2D eigenvalue weighted by Crippen LogP contribution is -1.81. The largest absolute Gasteiger partial charge is 0.436 e. The summed E-state index contributed by atoms with van der Waals surface area (Å²) in [7, 11) is 0. The van der Waals surface area contributed by atoms with E-state index in [4.69, 9.17) is 4.42 Å². The van der Waals surface area contributed by atoms with Crippen LogP contribution in [0.1, 0.15) is 5.56 Å². The maximum Gasteiger partial charge on any atom is 0.245 e. The fraction of sp³-hybridized carbons (Fsp3) is 0.0526. The van der Waals surface area contributed by atoms with Crippen molar-refractivity contribution in [3.63, 3.8) is 0 Å². The highest BCUT2D eigenvalue weighted by Crippen LogP contribution is 2.29. The van der Waals surface area contributed by atoms with Gasteiger partial charge in [0.05, 0.1) is 0 Å². The number of hydrogen-bond donors (Lipinski definition) is 0. The number of hydrogen-bond acceptors (Lipinski definition) is 3. The van der Waals surface area contributed by atoms with Gasteiger partial charge in [-0.3, -0.25) is 0 Å². The second kappa shape index (κ2) is 5.11. The minimum Gasteiger partial charge on any atom is -0.436 e. The van der Waals surface area contributed by atoms with Crippen LogP contribution in [-0.4, -0.2) is 9.97 Å². The van der Waals surface area contributed by atoms with Crippen LogP contribution in [0.5, 0.6) is 0 Å². The van der Waals surface area contributed by atoms with Gasteiger partial charge in [0.15, 0.2) is 0 Å². The third-order valence-electron chi connectivity index (χ3n) is 3.66. The molecule has 0 aliphatic carbocycles. The molecule has 0 unspecified atom stereocenters. The molecule has 2 aromatic carbocycles. The van der Waals surface area contributed by atoms with Crippen molar-refractivity contribution >= 4 is 11.2 Å². The lowest BCUT2D eigenvalue weighted by atomic mass is 10.0. The maximum absolute atomic E-state index is 5.80. The van der Waals surface area contributed by atoms with Gasteiger partial charge in [0.2, 0.25) is 5.71 Å². The first-order valence-electron chi connectivity index (χ1n) is 7.18. The topological polar surface area (TPSA) is 38.9 Å². The van der Waals surface area contributed by atoms with E-state index < -0.39 is 0 Å². The van der Waals surface area contributed by atoms with Crippen LogP contribution in [0.3, 0.4) is 0 Å². The van der Waals surface area contributed by atoms with Gasteiger partial charge in [-0.25, -0.2) is 9.97 Å². The first kappa shape index (κ1) is 12.8. The summed E-state index contributed by atoms with van der Waals surface area (Å²) in [5.41, 5.74) is 5.99. The fourth-order valence-electron chi connectivity index (χ4n) is 2.59. The summed E-state index contributed by atoms with van der Waals surface area (Å²) in [5, 5.41) is 0. The number of nitrogens with zero attached hydrogens (tertiary/aromatic N) is 2. The van der Waals surface area contributed by atoms with Crippen molar-refractivity contribution < 1.29 is 4.42 Å². The summed E-state index contributed by atoms with van der Waals surface area (Å²) in [6.07, 6.45) is 3.31. The molecular weight excluding hydrogens is 272 g/mol. The third-order valence-corrected chi connectivity index (χ3v) is 3.66. The maximum atomic E-state index is 5.80. The number of fused-ring (bicyclic) bond motifs is 1. The van der Waals surface area contributed by atoms with Crippen LogP contribution in [0.4, 0.5) is 0 Å². The fourth-order valence-corrected chi connectivity index (χ4v) is 2.59. The molecule has 2 heterocycles. The summed E-state index contributed by atoms with van der Waals surface area (Å²) in [6.45, 7) is 2.10. The zero-order chi connectivity index (χ0) is 14.9. The Kier molecular flexibility index (Phi) is 2.97. The molecule has 0 N–H and O–H groups in total. The van der Waals surface area contributed by atoms with Crippen LogP contribution in [-0.2, 0) is 0 Å². The normalized spacial score (nSPS) is 11.0. The van der Waals surface area contributed by atoms with E-state index in [2.05, 4.69) is 53.3 Å². The Bertz CT molecular complexity index is 923. The first-order chi connectivity index (χ1) is 10.8. The summed E-state index contributed by atoms with van der Waals surface area (Å²) in [4.78, 5) is 8.45. The molecule has 106 valence electrons. The SMILES string of the molecule is Cc1cccc(-c2cccc(-c3cc4nccnc4o3)c2)c1. The summed E-state index contributed by atoms with van der Waals surface area (Å²) in [6, 6.07) is 18.7. The van der Waals surface area contributed by atoms with Gasteiger partial charge >= 0.3 is 0 Å². The van der Waals surface area contributed by atoms with E-state index in [1.165, 1.54) is 16.7 Å². The Hall–Kier alpha value is -2.94. The Balaban J connectivity index is 1.81. The smallest absolute Gasteiger partial charge is 0.245 e. The minimum atomic E-state index is 0.568. The number of aryl methyl sites for hydroxylation is 1. The highest BCUT2D eigenvalue weighted by molar-refractivity contribution is 5.78. The predicted molar refractivity (Wildman–Crippen MR) is 87.4 cm³/mol. The molecule has 0 saturated heterocycles. The van der Waals surface area contributed by atoms with E-state index in [-0.39, 0.29) is 0 Å². The van der Waals surface area contributed by atoms with E-state index in [9.17, 15) is 0 Å². The van der Waals surface area contributed by atoms with Crippen LogP contribution in [0.15, 0.2) is 71.4 Å². The molecule has 0 aliphatic rings. The van der Waals surface area contributed by atoms with Crippen LogP contribution >= 0.6 is 0 Å². The van der Waals surface area contributed by atoms with Crippen LogP contribution < -0.4 is 0 Å². The lowest BCUT2D eigenvalue weighted by molar-refractivity contribution is 0.617. The Morgan fingerprint density at radius 1 is 0.773 bits per heavy atom. The first-order valence-corrected chi connectivity index (χ1v) is 7.18. The van der Waals surface area contributed by atoms with Crippen molar-refractivity contribution in [3.8, 4) is 22.5 Å². The number of aromatic nitrogens is 2. The van der Waals surface area contributed by atoms with Crippen LogP contribution in [0.2, 0.25) is 0 Å². The van der Waals surface area contributed by atoms with Crippen molar-refractivity contribution in [1.29, 1.82) is 0 Å². The molecule has 0 amide bonds. The van der Waals surface area contributed by atoms with Crippen molar-refractivity contribution in [1.82, 2.24) is 9.97 Å². The molecular formula is C19H14N2O. The van der Waals surface area contributed by atoms with Gasteiger partial charge in [-0.05, 0) is 24.1 Å². The molecule has 0 atom stereocenters. The van der Waals surface area contributed by atoms with Gasteiger partial charge in [-0.2, -0.15) is 0 Å². The number of benzene rings is 2. The number of furan rings is 1. The zero-order valence-electron chi connectivity index (χ0n) is 12.2. The molecule has 22 heavy (non-hydrogen) atoms. The standard InChI is InChI=1S/C19H14N2O/c1-13-4-2-5-14(10-13)15-6-3-7-16(11-15)18-12-17-19(22-18)21-9-8-20-17/h2-12H,1H3. The zero-order valence-corrected chi connectivity index (χ0v) is 12.2. The Morgan fingerprint density at radius 2 is 1.50 bits per heavy atom. The van der Waals surface area contributed by atoms with E-state index >= 15 is 0 Å². The monoisotopic (exact) mass is 286 g/mol. The second-order valence-corrected chi connectivity index (χ2v) is 5.31. The molecule has 2 aromatic heterocycles. The Morgan fingerprint density at radius 3 is 2.32 bits per heavy atom. The molecule has 4 aromatic rings. The minimum absolute atomic E-state index is 0.568. The van der Waals surface area contributed by atoms with Crippen molar-refractivity contribution in [2.24, 2.45) is 0 Å². The van der Waals surface area contributed by atoms with Gasteiger partial charge in [0.25, 0.3) is 0 Å². The van der Waals surface area contributed by atoms with Crippen molar-refractivity contribution in [3.05, 3.63) is 72.6 Å². The molecule has 0 aliphatic heterocycles. The Labute approximate surface area is 128 Å². The molecule has 0 radical (unpaired) electrons. The van der Waals surface area contributed by atoms with E-state index in [0.717, 1.165) is 16.8 Å². The molecule has 0 fully saturated rings. The highest BCUT2D eigenvalue weighted by Gasteiger charge is 2.08. The number of rotatable bonds is 2. The molecule has 0 saturated carbocycles. The van der Waals surface area contributed by atoms with E-state index in [1.807, 2.05) is 18.2 Å². The van der Waals surface area contributed by atoms with E-state index in [1.54, 1.807) is 12.4 Å². The summed E-state index contributed by atoms with van der Waals surface area (Å²) >= 11 is 0. The van der Waals surface area contributed by atoms with Crippen LogP contribution in [0, 0.1) is 6.92 Å². The lowest BCUT2D eigenvalue weighted by Gasteiger charge is -2.05. The quantitative estimate of drug-likeness (QED) is 0.528. The van der Waals surface area contributed by atoms with E-state index in [0.29, 0.717) is 5.71 Å². The average Bonchev–Trinajstić information content (AvgIpc) is 2.99. The summed E-state index contributed by atoms with van der Waals surface area (Å²) in [5.74, 6) is 0.788. The van der Waals surface area contributed by atoms with Crippen molar-refractivity contribution in [2.75, 3.05) is 0 Å². The molecule has 4 rings (SSSR count). The van der Waals surface area contributed by atoms with Gasteiger partial charge in [-0.1, -0.05) is 48.0 Å². The molecule has 0 spiro atoms.